The lowest BCUT2D eigenvalue weighted by Crippen LogP contribution is -2.35. The fourth-order valence-corrected chi connectivity index (χ4v) is 6.99. The first-order chi connectivity index (χ1) is 23.6. The highest BCUT2D eigenvalue weighted by Gasteiger charge is 2.23. The molecule has 0 aliphatic carbocycles. The summed E-state index contributed by atoms with van der Waals surface area (Å²) in [5.41, 5.74) is 6.31. The predicted molar refractivity (Wildman–Crippen MR) is 187 cm³/mol. The maximum atomic E-state index is 6.51. The van der Waals surface area contributed by atoms with Crippen molar-refractivity contribution in [2.24, 2.45) is 0 Å². The van der Waals surface area contributed by atoms with Gasteiger partial charge < -0.3 is 19.6 Å². The zero-order valence-electron chi connectivity index (χ0n) is 26.1. The second-order valence-electron chi connectivity index (χ2n) is 12.6. The van der Waals surface area contributed by atoms with Crippen molar-refractivity contribution < 1.29 is 4.74 Å². The molecule has 0 saturated carbocycles. The summed E-state index contributed by atoms with van der Waals surface area (Å²) in [6.07, 6.45) is 2.17. The Morgan fingerprint density at radius 1 is 0.521 bits per heavy atom. The number of nitrogens with zero attached hydrogens (tertiary/aromatic N) is 7. The molecule has 3 aliphatic rings. The second kappa shape index (κ2) is 10.5. The summed E-state index contributed by atoms with van der Waals surface area (Å²) >= 11 is 0. The van der Waals surface area contributed by atoms with Crippen LogP contribution < -0.4 is 4.74 Å². The molecule has 232 valence electrons. The van der Waals surface area contributed by atoms with E-state index in [1.54, 1.807) is 0 Å². The van der Waals surface area contributed by atoms with Crippen molar-refractivity contribution >= 4 is 44.1 Å². The molecule has 2 N–H and O–H groups in total. The normalized spacial score (nSPS) is 14.7. The molecule has 1 saturated heterocycles. The van der Waals surface area contributed by atoms with Gasteiger partial charge in [0.2, 0.25) is 0 Å². The van der Waals surface area contributed by atoms with Gasteiger partial charge in [-0.25, -0.2) is 29.9 Å². The Kier molecular flexibility index (Phi) is 5.94. The van der Waals surface area contributed by atoms with Crippen molar-refractivity contribution in [3.63, 3.8) is 0 Å². The molecule has 3 aliphatic heterocycles. The molecule has 48 heavy (non-hydrogen) atoms. The van der Waals surface area contributed by atoms with Crippen LogP contribution in [0, 0.1) is 0 Å². The lowest BCUT2D eigenvalue weighted by Gasteiger charge is -2.29. The van der Waals surface area contributed by atoms with Gasteiger partial charge in [-0.3, -0.25) is 0 Å². The summed E-state index contributed by atoms with van der Waals surface area (Å²) < 4.78 is 6.51. The highest BCUT2D eigenvalue weighted by Crippen LogP contribution is 2.37. The van der Waals surface area contributed by atoms with Crippen molar-refractivity contribution in [2.45, 2.75) is 18.9 Å². The van der Waals surface area contributed by atoms with E-state index in [0.717, 1.165) is 75.5 Å². The van der Waals surface area contributed by atoms with E-state index in [1.807, 2.05) is 78.9 Å². The van der Waals surface area contributed by atoms with E-state index in [1.165, 1.54) is 0 Å². The SMILES string of the molecule is CN1CCC(Oc2ccc3c4nc5nc(nc6[nH]c(nc7nc(nc([nH]4)c3c2)-c2ccccc2-7)c2ccccc62)-c2ccccc2-5)CC1. The Morgan fingerprint density at radius 2 is 0.938 bits per heavy atom. The van der Waals surface area contributed by atoms with E-state index in [9.17, 15) is 0 Å². The number of ether oxygens (including phenoxy) is 1. The zero-order valence-corrected chi connectivity index (χ0v) is 26.1. The van der Waals surface area contributed by atoms with Crippen LogP contribution in [-0.4, -0.2) is 71.0 Å². The molecule has 6 heterocycles. The molecule has 0 radical (unpaired) electrons. The van der Waals surface area contributed by atoms with E-state index < -0.39 is 0 Å². The Hall–Kier alpha value is -6.00. The van der Waals surface area contributed by atoms with Gasteiger partial charge in [0.05, 0.1) is 0 Å². The number of hydrogen-bond acceptors (Lipinski definition) is 8. The molecule has 1 fully saturated rings. The predicted octanol–water partition coefficient (Wildman–Crippen LogP) is 7.34. The maximum Gasteiger partial charge on any atom is 0.164 e. The fourth-order valence-electron chi connectivity index (χ4n) is 6.99. The highest BCUT2D eigenvalue weighted by atomic mass is 16.5. The molecule has 10 rings (SSSR count). The first kappa shape index (κ1) is 27.1. The van der Waals surface area contributed by atoms with Crippen molar-refractivity contribution in [1.82, 2.24) is 44.8 Å². The minimum absolute atomic E-state index is 0.174. The van der Waals surface area contributed by atoms with Crippen LogP contribution in [0.3, 0.4) is 0 Å². The Bertz CT molecular complexity index is 2590. The topological polar surface area (TPSA) is 121 Å². The van der Waals surface area contributed by atoms with Crippen LogP contribution in [0.4, 0.5) is 0 Å². The molecule has 3 aromatic heterocycles. The molecule has 10 heteroatoms. The molecular formula is C38H29N9O. The Morgan fingerprint density at radius 3 is 1.42 bits per heavy atom. The molecule has 0 atom stereocenters. The Balaban J connectivity index is 1.29. The number of H-pyrrole nitrogens is 2. The average Bonchev–Trinajstić information content (AvgIpc) is 3.85. The van der Waals surface area contributed by atoms with Gasteiger partial charge in [-0.1, -0.05) is 72.8 Å². The van der Waals surface area contributed by atoms with E-state index in [2.05, 4.69) is 34.0 Å². The van der Waals surface area contributed by atoms with Crippen LogP contribution in [0.25, 0.3) is 89.7 Å². The summed E-state index contributed by atoms with van der Waals surface area (Å²) in [6, 6.07) is 30.4. The van der Waals surface area contributed by atoms with E-state index in [-0.39, 0.29) is 6.10 Å². The third-order valence-electron chi connectivity index (χ3n) is 9.49. The number of benzene rings is 4. The van der Waals surface area contributed by atoms with Crippen LogP contribution >= 0.6 is 0 Å². The van der Waals surface area contributed by atoms with Crippen molar-refractivity contribution in [3.8, 4) is 51.3 Å². The van der Waals surface area contributed by atoms with Gasteiger partial charge in [0.15, 0.2) is 23.3 Å². The molecule has 7 aromatic rings. The number of rotatable bonds is 2. The van der Waals surface area contributed by atoms with Gasteiger partial charge >= 0.3 is 0 Å². The van der Waals surface area contributed by atoms with Gasteiger partial charge in [0.25, 0.3) is 0 Å². The average molecular weight is 628 g/mol. The number of nitrogens with one attached hydrogen (secondary N) is 2. The molecule has 0 unspecified atom stereocenters. The molecule has 10 nitrogen and oxygen atoms in total. The third kappa shape index (κ3) is 4.37. The first-order valence-corrected chi connectivity index (χ1v) is 16.2. The summed E-state index contributed by atoms with van der Waals surface area (Å²) in [5.74, 6) is 3.14. The lowest BCUT2D eigenvalue weighted by molar-refractivity contribution is 0.114. The largest absolute Gasteiger partial charge is 0.490 e. The van der Waals surface area contributed by atoms with Crippen LogP contribution in [0.2, 0.25) is 0 Å². The minimum Gasteiger partial charge on any atom is -0.490 e. The molecular weight excluding hydrogens is 598 g/mol. The van der Waals surface area contributed by atoms with E-state index >= 15 is 0 Å². The fraction of sp³-hybridized carbons (Fsp3) is 0.158. The summed E-state index contributed by atoms with van der Waals surface area (Å²) in [4.78, 5) is 39.7. The standard InChI is InChI=1S/C38H29N9O/c1-47-18-16-21(17-19-47)48-22-14-15-29-30(20-22)38-45-36-28-13-7-6-12-27(28)34(43-36)41-32-24-9-3-2-8-23(24)31(39-32)40-33-25-10-4-5-11-26(25)35(42-33)44-37(29)46-38/h2-15,20-21H,16-19H2,1H3,(H2,39,40,41,42,43,44,45,46). The van der Waals surface area contributed by atoms with Crippen LogP contribution in [0.1, 0.15) is 12.8 Å². The third-order valence-corrected chi connectivity index (χ3v) is 9.49. The Labute approximate surface area is 274 Å². The highest BCUT2D eigenvalue weighted by molar-refractivity contribution is 6.06. The molecule has 4 aromatic carbocycles. The van der Waals surface area contributed by atoms with Gasteiger partial charge in [-0.2, -0.15) is 0 Å². The van der Waals surface area contributed by atoms with Gasteiger partial charge in [-0.15, -0.1) is 0 Å². The van der Waals surface area contributed by atoms with Crippen molar-refractivity contribution in [3.05, 3.63) is 91.0 Å². The van der Waals surface area contributed by atoms with Gasteiger partial charge in [0.1, 0.15) is 34.4 Å². The lowest BCUT2D eigenvalue weighted by atomic mass is 10.1. The smallest absolute Gasteiger partial charge is 0.164 e. The van der Waals surface area contributed by atoms with Crippen molar-refractivity contribution in [2.75, 3.05) is 20.1 Å². The zero-order chi connectivity index (χ0) is 31.8. The van der Waals surface area contributed by atoms with Crippen LogP contribution in [0.5, 0.6) is 5.75 Å². The quantitative estimate of drug-likeness (QED) is 0.204. The number of likely N-dealkylation sites (tertiary alicyclic amines) is 1. The summed E-state index contributed by atoms with van der Waals surface area (Å²) in [7, 11) is 2.16. The second-order valence-corrected chi connectivity index (χ2v) is 12.6. The summed E-state index contributed by atoms with van der Waals surface area (Å²) in [5, 5.41) is 3.71. The molecule has 0 spiro atoms. The number of aromatic nitrogens is 8. The summed E-state index contributed by atoms with van der Waals surface area (Å²) in [6.45, 7) is 2.05. The minimum atomic E-state index is 0.174. The molecule has 8 bridgehead atoms. The van der Waals surface area contributed by atoms with Crippen LogP contribution in [0.15, 0.2) is 91.0 Å². The molecule has 0 amide bonds. The van der Waals surface area contributed by atoms with Crippen molar-refractivity contribution in [1.29, 1.82) is 0 Å². The number of hydrogen-bond donors (Lipinski definition) is 2. The number of fused-ring (bicyclic) bond motifs is 20. The van der Waals surface area contributed by atoms with Crippen LogP contribution in [-0.2, 0) is 0 Å². The van der Waals surface area contributed by atoms with E-state index in [0.29, 0.717) is 45.9 Å². The first-order valence-electron chi connectivity index (χ1n) is 16.2. The maximum absolute atomic E-state index is 6.51. The van der Waals surface area contributed by atoms with Gasteiger partial charge in [-0.05, 0) is 38.1 Å². The number of aromatic amines is 2. The number of piperidine rings is 1. The van der Waals surface area contributed by atoms with Gasteiger partial charge in [0, 0.05) is 56.9 Å². The van der Waals surface area contributed by atoms with E-state index in [4.69, 9.17) is 34.6 Å². The monoisotopic (exact) mass is 627 g/mol.